The SMILES string of the molecule is CN=C(NCc1ccccc1-n1cccn1)N(C)CCc1cccs1.I. The highest BCUT2D eigenvalue weighted by Gasteiger charge is 2.09. The molecular formula is C19H24IN5S. The summed E-state index contributed by atoms with van der Waals surface area (Å²) in [5.41, 5.74) is 2.26. The number of likely N-dealkylation sites (N-methyl/N-ethyl adjacent to an activating group) is 1. The molecule has 3 aromatic rings. The van der Waals surface area contributed by atoms with Gasteiger partial charge >= 0.3 is 0 Å². The first kappa shape index (κ1) is 20.4. The molecule has 0 amide bonds. The van der Waals surface area contributed by atoms with Crippen LogP contribution in [0.3, 0.4) is 0 Å². The maximum Gasteiger partial charge on any atom is 0.193 e. The van der Waals surface area contributed by atoms with Gasteiger partial charge in [-0.15, -0.1) is 35.3 Å². The van der Waals surface area contributed by atoms with Crippen LogP contribution in [0.2, 0.25) is 0 Å². The van der Waals surface area contributed by atoms with Gasteiger partial charge in [0.2, 0.25) is 0 Å². The number of halogens is 1. The summed E-state index contributed by atoms with van der Waals surface area (Å²) in [6.45, 7) is 1.63. The van der Waals surface area contributed by atoms with E-state index >= 15 is 0 Å². The molecular weight excluding hydrogens is 457 g/mol. The number of benzene rings is 1. The van der Waals surface area contributed by atoms with Crippen molar-refractivity contribution in [1.82, 2.24) is 20.0 Å². The lowest BCUT2D eigenvalue weighted by Crippen LogP contribution is -2.39. The molecule has 0 saturated heterocycles. The zero-order valence-electron chi connectivity index (χ0n) is 15.0. The molecule has 1 aromatic carbocycles. The Morgan fingerprint density at radius 2 is 2.08 bits per heavy atom. The Kier molecular flexibility index (Phi) is 8.11. The average molecular weight is 481 g/mol. The van der Waals surface area contributed by atoms with Gasteiger partial charge in [0.25, 0.3) is 0 Å². The predicted molar refractivity (Wildman–Crippen MR) is 120 cm³/mol. The van der Waals surface area contributed by atoms with Gasteiger partial charge in [-0.25, -0.2) is 4.68 Å². The van der Waals surface area contributed by atoms with E-state index in [1.165, 1.54) is 10.4 Å². The van der Waals surface area contributed by atoms with Crippen molar-refractivity contribution < 1.29 is 0 Å². The zero-order valence-corrected chi connectivity index (χ0v) is 18.1. The van der Waals surface area contributed by atoms with E-state index < -0.39 is 0 Å². The number of hydrogen-bond acceptors (Lipinski definition) is 3. The maximum absolute atomic E-state index is 4.41. The van der Waals surface area contributed by atoms with Gasteiger partial charge in [-0.05, 0) is 35.6 Å². The molecule has 0 saturated carbocycles. The van der Waals surface area contributed by atoms with Crippen LogP contribution in [-0.4, -0.2) is 41.3 Å². The third kappa shape index (κ3) is 5.31. The number of aromatic nitrogens is 2. The number of aliphatic imine (C=N–C) groups is 1. The van der Waals surface area contributed by atoms with Gasteiger partial charge < -0.3 is 10.2 Å². The minimum atomic E-state index is 0. The molecule has 0 bridgehead atoms. The van der Waals surface area contributed by atoms with Crippen molar-refractivity contribution in [2.45, 2.75) is 13.0 Å². The monoisotopic (exact) mass is 481 g/mol. The van der Waals surface area contributed by atoms with E-state index in [0.29, 0.717) is 6.54 Å². The number of hydrogen-bond donors (Lipinski definition) is 1. The van der Waals surface area contributed by atoms with Gasteiger partial charge in [0.15, 0.2) is 5.96 Å². The van der Waals surface area contributed by atoms with Crippen LogP contribution in [-0.2, 0) is 13.0 Å². The van der Waals surface area contributed by atoms with Gasteiger partial charge in [0.1, 0.15) is 0 Å². The topological polar surface area (TPSA) is 45.5 Å². The van der Waals surface area contributed by atoms with Gasteiger partial charge in [-0.1, -0.05) is 24.3 Å². The van der Waals surface area contributed by atoms with Crippen molar-refractivity contribution in [3.05, 3.63) is 70.7 Å². The minimum Gasteiger partial charge on any atom is -0.352 e. The van der Waals surface area contributed by atoms with Gasteiger partial charge in [0, 0.05) is 44.5 Å². The van der Waals surface area contributed by atoms with Crippen molar-refractivity contribution in [1.29, 1.82) is 0 Å². The molecule has 0 aliphatic rings. The molecule has 2 aromatic heterocycles. The number of rotatable bonds is 6. The number of nitrogens with one attached hydrogen (secondary N) is 1. The molecule has 0 unspecified atom stereocenters. The second kappa shape index (κ2) is 10.3. The minimum absolute atomic E-state index is 0. The third-order valence-corrected chi connectivity index (χ3v) is 4.96. The van der Waals surface area contributed by atoms with E-state index in [-0.39, 0.29) is 24.0 Å². The Bertz CT molecular complexity index is 799. The summed E-state index contributed by atoms with van der Waals surface area (Å²) in [6, 6.07) is 14.5. The lowest BCUT2D eigenvalue weighted by atomic mass is 10.2. The Labute approximate surface area is 175 Å². The van der Waals surface area contributed by atoms with Crippen molar-refractivity contribution >= 4 is 41.3 Å². The fourth-order valence-electron chi connectivity index (χ4n) is 2.69. The Morgan fingerprint density at radius 1 is 1.23 bits per heavy atom. The Balaban J connectivity index is 0.00000243. The summed E-state index contributed by atoms with van der Waals surface area (Å²) >= 11 is 1.80. The third-order valence-electron chi connectivity index (χ3n) is 4.03. The highest BCUT2D eigenvalue weighted by atomic mass is 127. The molecule has 7 heteroatoms. The standard InChI is InChI=1S/C19H23N5S.HI/c1-20-19(23(2)13-10-17-8-5-14-25-17)21-15-16-7-3-4-9-18(16)24-12-6-11-22-24;/h3-9,11-12,14H,10,13,15H2,1-2H3,(H,20,21);1H. The molecule has 0 spiro atoms. The fraction of sp³-hybridized carbons (Fsp3) is 0.263. The lowest BCUT2D eigenvalue weighted by molar-refractivity contribution is 0.486. The maximum atomic E-state index is 4.41. The Morgan fingerprint density at radius 3 is 2.77 bits per heavy atom. The van der Waals surface area contributed by atoms with E-state index in [4.69, 9.17) is 0 Å². The number of nitrogens with zero attached hydrogens (tertiary/aromatic N) is 4. The lowest BCUT2D eigenvalue weighted by Gasteiger charge is -2.22. The summed E-state index contributed by atoms with van der Waals surface area (Å²) in [6.07, 6.45) is 4.78. The fourth-order valence-corrected chi connectivity index (χ4v) is 3.39. The largest absolute Gasteiger partial charge is 0.352 e. The highest BCUT2D eigenvalue weighted by Crippen LogP contribution is 2.13. The normalized spacial score (nSPS) is 11.1. The van der Waals surface area contributed by atoms with E-state index in [2.05, 4.69) is 57.0 Å². The summed E-state index contributed by atoms with van der Waals surface area (Å²) in [7, 11) is 3.89. The number of guanidine groups is 1. The van der Waals surface area contributed by atoms with E-state index in [1.807, 2.05) is 36.1 Å². The molecule has 0 radical (unpaired) electrons. The highest BCUT2D eigenvalue weighted by molar-refractivity contribution is 14.0. The molecule has 0 aliphatic heterocycles. The molecule has 0 aliphatic carbocycles. The van der Waals surface area contributed by atoms with E-state index in [9.17, 15) is 0 Å². The first-order valence-corrected chi connectivity index (χ1v) is 9.18. The van der Waals surface area contributed by atoms with Crippen molar-refractivity contribution in [3.63, 3.8) is 0 Å². The molecule has 0 atom stereocenters. The second-order valence-electron chi connectivity index (χ2n) is 5.73. The van der Waals surface area contributed by atoms with Crippen LogP contribution >= 0.6 is 35.3 Å². The van der Waals surface area contributed by atoms with E-state index in [1.54, 1.807) is 17.5 Å². The second-order valence-corrected chi connectivity index (χ2v) is 6.76. The Hall–Kier alpha value is -1.87. The quantitative estimate of drug-likeness (QED) is 0.331. The predicted octanol–water partition coefficient (Wildman–Crippen LogP) is 3.80. The first-order chi connectivity index (χ1) is 12.3. The average Bonchev–Trinajstić information content (AvgIpc) is 3.34. The zero-order chi connectivity index (χ0) is 17.5. The summed E-state index contributed by atoms with van der Waals surface area (Å²) in [4.78, 5) is 7.97. The summed E-state index contributed by atoms with van der Waals surface area (Å²) in [5.74, 6) is 0.895. The first-order valence-electron chi connectivity index (χ1n) is 8.30. The molecule has 1 N–H and O–H groups in total. The number of thiophene rings is 1. The number of para-hydroxylation sites is 1. The van der Waals surface area contributed by atoms with Crippen LogP contribution in [0, 0.1) is 0 Å². The van der Waals surface area contributed by atoms with Gasteiger partial charge in [-0.2, -0.15) is 5.10 Å². The van der Waals surface area contributed by atoms with Gasteiger partial charge in [0.05, 0.1) is 5.69 Å². The summed E-state index contributed by atoms with van der Waals surface area (Å²) in [5, 5.41) is 9.91. The van der Waals surface area contributed by atoms with Crippen LogP contribution < -0.4 is 5.32 Å². The van der Waals surface area contributed by atoms with Crippen LogP contribution in [0.1, 0.15) is 10.4 Å². The molecule has 2 heterocycles. The van der Waals surface area contributed by atoms with Crippen molar-refractivity contribution in [2.24, 2.45) is 4.99 Å². The molecule has 138 valence electrons. The van der Waals surface area contributed by atoms with Crippen molar-refractivity contribution in [3.8, 4) is 5.69 Å². The van der Waals surface area contributed by atoms with Crippen LogP contribution in [0.4, 0.5) is 0 Å². The molecule has 26 heavy (non-hydrogen) atoms. The molecule has 3 rings (SSSR count). The van der Waals surface area contributed by atoms with Crippen molar-refractivity contribution in [2.75, 3.05) is 20.6 Å². The molecule has 0 fully saturated rings. The van der Waals surface area contributed by atoms with Crippen LogP contribution in [0.25, 0.3) is 5.69 Å². The molecule has 5 nitrogen and oxygen atoms in total. The van der Waals surface area contributed by atoms with E-state index in [0.717, 1.165) is 24.6 Å². The smallest absolute Gasteiger partial charge is 0.193 e. The summed E-state index contributed by atoms with van der Waals surface area (Å²) < 4.78 is 1.89. The van der Waals surface area contributed by atoms with Crippen LogP contribution in [0.15, 0.2) is 65.2 Å². The van der Waals surface area contributed by atoms with Gasteiger partial charge in [-0.3, -0.25) is 4.99 Å². The van der Waals surface area contributed by atoms with Crippen LogP contribution in [0.5, 0.6) is 0 Å².